The third kappa shape index (κ3) is 8.72. The fourth-order valence-corrected chi connectivity index (χ4v) is 4.66. The van der Waals surface area contributed by atoms with Crippen molar-refractivity contribution in [3.05, 3.63) is 42.1 Å². The zero-order valence-electron chi connectivity index (χ0n) is 25.1. The first kappa shape index (κ1) is 31.4. The van der Waals surface area contributed by atoms with Crippen LogP contribution >= 0.6 is 0 Å². The standard InChI is InChI=1S/C30H39N7O6/c1-5-42-29(41)36-18-16-35(17-19-36)28(40)22(12-13-25(38)43-30(2,3)4)33-27(39)23-20-24(37-15-9-14-31-37)34-26(32-23)21-10-7-6-8-11-21/h6-8,10-11,14,20,22H,5,9,12-13,15-19H2,1-4H3,(H,33,39). The number of esters is 1. The van der Waals surface area contributed by atoms with Gasteiger partial charge in [0.25, 0.3) is 5.91 Å². The van der Waals surface area contributed by atoms with Gasteiger partial charge >= 0.3 is 12.1 Å². The van der Waals surface area contributed by atoms with E-state index in [2.05, 4.69) is 20.4 Å². The fraction of sp³-hybridized carbons (Fsp3) is 0.500. The van der Waals surface area contributed by atoms with Crippen LogP contribution in [0.3, 0.4) is 0 Å². The highest BCUT2D eigenvalue weighted by Crippen LogP contribution is 2.22. The lowest BCUT2D eigenvalue weighted by atomic mass is 10.1. The summed E-state index contributed by atoms with van der Waals surface area (Å²) < 4.78 is 10.5. The number of nitrogens with one attached hydrogen (secondary N) is 1. The molecule has 0 saturated carbocycles. The summed E-state index contributed by atoms with van der Waals surface area (Å²) in [6.45, 7) is 9.01. The lowest BCUT2D eigenvalue weighted by Crippen LogP contribution is -2.56. The molecule has 0 radical (unpaired) electrons. The topological polar surface area (TPSA) is 147 Å². The summed E-state index contributed by atoms with van der Waals surface area (Å²) in [5, 5.41) is 8.84. The summed E-state index contributed by atoms with van der Waals surface area (Å²) >= 11 is 0. The van der Waals surface area contributed by atoms with Crippen molar-refractivity contribution >= 4 is 35.9 Å². The van der Waals surface area contributed by atoms with E-state index in [0.29, 0.717) is 31.3 Å². The number of amides is 3. The van der Waals surface area contributed by atoms with Gasteiger partial charge in [-0.3, -0.25) is 14.4 Å². The van der Waals surface area contributed by atoms with Crippen molar-refractivity contribution in [1.82, 2.24) is 25.1 Å². The molecule has 1 saturated heterocycles. The van der Waals surface area contributed by atoms with Crippen LogP contribution in [-0.4, -0.2) is 101 Å². The Morgan fingerprint density at radius 2 is 1.67 bits per heavy atom. The molecule has 13 nitrogen and oxygen atoms in total. The largest absolute Gasteiger partial charge is 0.460 e. The molecule has 1 atom stereocenters. The average molecular weight is 594 g/mol. The highest BCUT2D eigenvalue weighted by molar-refractivity contribution is 5.97. The summed E-state index contributed by atoms with van der Waals surface area (Å²) in [5.74, 6) is -0.621. The SMILES string of the molecule is CCOC(=O)N1CCN(C(=O)C(CCC(=O)OC(C)(C)C)NC(=O)c2cc(N3CCC=N3)nc(-c3ccccc3)n2)CC1. The van der Waals surface area contributed by atoms with E-state index in [1.807, 2.05) is 30.3 Å². The quantitative estimate of drug-likeness (QED) is 0.434. The molecule has 43 heavy (non-hydrogen) atoms. The monoisotopic (exact) mass is 593 g/mol. The molecule has 2 aliphatic rings. The number of rotatable bonds is 9. The third-order valence-corrected chi connectivity index (χ3v) is 6.71. The van der Waals surface area contributed by atoms with Gasteiger partial charge in [0.2, 0.25) is 5.91 Å². The van der Waals surface area contributed by atoms with Crippen LogP contribution in [0.1, 0.15) is 57.4 Å². The Kier molecular flexibility index (Phi) is 10.3. The Morgan fingerprint density at radius 3 is 2.30 bits per heavy atom. The first-order chi connectivity index (χ1) is 20.5. The number of benzene rings is 1. The zero-order chi connectivity index (χ0) is 31.0. The first-order valence-electron chi connectivity index (χ1n) is 14.5. The Morgan fingerprint density at radius 1 is 0.977 bits per heavy atom. The fourth-order valence-electron chi connectivity index (χ4n) is 4.66. The van der Waals surface area contributed by atoms with E-state index in [0.717, 1.165) is 12.0 Å². The Labute approximate surface area is 251 Å². The molecule has 1 N–H and O–H groups in total. The summed E-state index contributed by atoms with van der Waals surface area (Å²) in [6, 6.07) is 9.78. The Bertz CT molecular complexity index is 1340. The molecular formula is C30H39N7O6. The van der Waals surface area contributed by atoms with Gasteiger partial charge in [0.1, 0.15) is 17.3 Å². The number of carbonyl (C=O) groups excluding carboxylic acids is 4. The number of hydrazone groups is 1. The lowest BCUT2D eigenvalue weighted by molar-refractivity contribution is -0.155. The molecule has 0 spiro atoms. The van der Waals surface area contributed by atoms with Crippen molar-refractivity contribution in [3.63, 3.8) is 0 Å². The first-order valence-corrected chi connectivity index (χ1v) is 14.5. The van der Waals surface area contributed by atoms with Crippen LogP contribution in [0.5, 0.6) is 0 Å². The smallest absolute Gasteiger partial charge is 0.409 e. The van der Waals surface area contributed by atoms with Crippen LogP contribution in [0.25, 0.3) is 11.4 Å². The molecule has 1 unspecified atom stereocenters. The number of anilines is 1. The summed E-state index contributed by atoms with van der Waals surface area (Å²) in [4.78, 5) is 64.3. The van der Waals surface area contributed by atoms with E-state index in [9.17, 15) is 19.2 Å². The molecule has 2 aromatic rings. The number of piperazine rings is 1. The van der Waals surface area contributed by atoms with Gasteiger partial charge in [-0.1, -0.05) is 30.3 Å². The van der Waals surface area contributed by atoms with Gasteiger partial charge < -0.3 is 24.6 Å². The predicted molar refractivity (Wildman–Crippen MR) is 159 cm³/mol. The highest BCUT2D eigenvalue weighted by Gasteiger charge is 2.32. The van der Waals surface area contributed by atoms with Crippen molar-refractivity contribution in [2.75, 3.05) is 44.3 Å². The van der Waals surface area contributed by atoms with Gasteiger partial charge in [0.05, 0.1) is 6.61 Å². The second-order valence-corrected chi connectivity index (χ2v) is 11.2. The minimum Gasteiger partial charge on any atom is -0.460 e. The molecule has 3 heterocycles. The number of hydrogen-bond donors (Lipinski definition) is 1. The van der Waals surface area contributed by atoms with E-state index < -0.39 is 29.6 Å². The molecule has 230 valence electrons. The minimum absolute atomic E-state index is 0.0253. The number of hydrogen-bond acceptors (Lipinski definition) is 10. The van der Waals surface area contributed by atoms with E-state index >= 15 is 0 Å². The van der Waals surface area contributed by atoms with Crippen molar-refractivity contribution in [1.29, 1.82) is 0 Å². The van der Waals surface area contributed by atoms with Crippen molar-refractivity contribution < 1.29 is 28.7 Å². The maximum Gasteiger partial charge on any atom is 0.409 e. The minimum atomic E-state index is -1.03. The molecule has 1 fully saturated rings. The van der Waals surface area contributed by atoms with Crippen LogP contribution in [0.2, 0.25) is 0 Å². The van der Waals surface area contributed by atoms with E-state index in [1.165, 1.54) is 11.0 Å². The van der Waals surface area contributed by atoms with Crippen molar-refractivity contribution in [2.24, 2.45) is 5.10 Å². The van der Waals surface area contributed by atoms with Gasteiger partial charge in [-0.05, 0) is 34.1 Å². The third-order valence-electron chi connectivity index (χ3n) is 6.71. The molecule has 13 heteroatoms. The van der Waals surface area contributed by atoms with Gasteiger partial charge in [0.15, 0.2) is 11.6 Å². The van der Waals surface area contributed by atoms with Crippen molar-refractivity contribution in [2.45, 2.75) is 58.6 Å². The van der Waals surface area contributed by atoms with E-state index in [-0.39, 0.29) is 44.1 Å². The summed E-state index contributed by atoms with van der Waals surface area (Å²) in [7, 11) is 0. The maximum atomic E-state index is 13.7. The van der Waals surface area contributed by atoms with E-state index in [4.69, 9.17) is 9.47 Å². The zero-order valence-corrected chi connectivity index (χ0v) is 25.1. The van der Waals surface area contributed by atoms with Crippen LogP contribution in [0.15, 0.2) is 41.5 Å². The summed E-state index contributed by atoms with van der Waals surface area (Å²) in [6.07, 6.45) is 2.04. The lowest BCUT2D eigenvalue weighted by Gasteiger charge is -2.36. The number of ether oxygens (including phenoxy) is 2. The van der Waals surface area contributed by atoms with E-state index in [1.54, 1.807) is 43.8 Å². The molecule has 0 aliphatic carbocycles. The Balaban J connectivity index is 1.55. The molecule has 1 aromatic heterocycles. The maximum absolute atomic E-state index is 13.7. The van der Waals surface area contributed by atoms with Gasteiger partial charge in [-0.25, -0.2) is 19.8 Å². The number of nitrogens with zero attached hydrogens (tertiary/aromatic N) is 6. The van der Waals surface area contributed by atoms with Gasteiger partial charge in [-0.2, -0.15) is 5.10 Å². The predicted octanol–water partition coefficient (Wildman–Crippen LogP) is 2.86. The summed E-state index contributed by atoms with van der Waals surface area (Å²) in [5.41, 5.74) is 0.0960. The molecule has 2 aliphatic heterocycles. The van der Waals surface area contributed by atoms with Gasteiger partial charge in [0, 0.05) is 63.4 Å². The van der Waals surface area contributed by atoms with Crippen LogP contribution in [0.4, 0.5) is 10.6 Å². The van der Waals surface area contributed by atoms with Crippen molar-refractivity contribution in [3.8, 4) is 11.4 Å². The van der Waals surface area contributed by atoms with Gasteiger partial charge in [-0.15, -0.1) is 0 Å². The highest BCUT2D eigenvalue weighted by atomic mass is 16.6. The van der Waals surface area contributed by atoms with Crippen LogP contribution < -0.4 is 10.3 Å². The molecule has 4 rings (SSSR count). The molecule has 3 amide bonds. The second-order valence-electron chi connectivity index (χ2n) is 11.2. The number of aromatic nitrogens is 2. The molecule has 1 aromatic carbocycles. The molecule has 0 bridgehead atoms. The average Bonchev–Trinajstić information content (AvgIpc) is 3.54. The second kappa shape index (κ2) is 14.1. The number of carbonyl (C=O) groups is 4. The normalized spacial score (nSPS) is 15.7. The molecular weight excluding hydrogens is 554 g/mol. The van der Waals surface area contributed by atoms with Crippen LogP contribution in [-0.2, 0) is 19.1 Å². The Hall–Kier alpha value is -4.55. The van der Waals surface area contributed by atoms with Crippen LogP contribution in [0, 0.1) is 0 Å².